The van der Waals surface area contributed by atoms with Crippen molar-refractivity contribution >= 4 is 6.08 Å². The average Bonchev–Trinajstić information content (AvgIpc) is 2.31. The molecule has 0 saturated heterocycles. The predicted molar refractivity (Wildman–Crippen MR) is 62.1 cm³/mol. The smallest absolute Gasteiger partial charge is 0.235 e. The van der Waals surface area contributed by atoms with Crippen LogP contribution in [0.2, 0.25) is 0 Å². The van der Waals surface area contributed by atoms with E-state index < -0.39 is 0 Å². The van der Waals surface area contributed by atoms with Gasteiger partial charge in [0.25, 0.3) is 0 Å². The zero-order valence-corrected chi connectivity index (χ0v) is 9.86. The fraction of sp³-hybridized carbons (Fsp3) is 0.923. The van der Waals surface area contributed by atoms with Crippen molar-refractivity contribution in [2.45, 2.75) is 76.0 Å². The molecule has 2 aliphatic rings. The molecule has 0 aromatic rings. The Morgan fingerprint density at radius 1 is 0.938 bits per heavy atom. The molecule has 2 rings (SSSR count). The topological polar surface area (TPSA) is 38.7 Å². The van der Waals surface area contributed by atoms with Crippen LogP contribution >= 0.6 is 0 Å². The van der Waals surface area contributed by atoms with Gasteiger partial charge >= 0.3 is 0 Å². The van der Waals surface area contributed by atoms with Crippen molar-refractivity contribution in [2.75, 3.05) is 0 Å². The van der Waals surface area contributed by atoms with Gasteiger partial charge in [0.15, 0.2) is 0 Å². The van der Waals surface area contributed by atoms with Crippen molar-refractivity contribution in [1.29, 1.82) is 0 Å². The predicted octanol–water partition coefficient (Wildman–Crippen LogP) is 2.98. The van der Waals surface area contributed by atoms with Gasteiger partial charge in [-0.3, -0.25) is 0 Å². The number of rotatable bonds is 3. The Hall–Kier alpha value is -0.660. The third-order valence-corrected chi connectivity index (χ3v) is 3.77. The van der Waals surface area contributed by atoms with Gasteiger partial charge in [-0.15, -0.1) is 0 Å². The van der Waals surface area contributed by atoms with E-state index in [1.165, 1.54) is 32.1 Å². The summed E-state index contributed by atoms with van der Waals surface area (Å²) in [6, 6.07) is 0.167. The minimum atomic E-state index is 0.167. The van der Waals surface area contributed by atoms with Gasteiger partial charge in [-0.05, 0) is 38.5 Å². The third-order valence-electron chi connectivity index (χ3n) is 3.77. The molecule has 3 nitrogen and oxygen atoms in total. The Bertz CT molecular complexity index is 255. The first-order valence-corrected chi connectivity index (χ1v) is 6.61. The van der Waals surface area contributed by atoms with E-state index in [1.54, 1.807) is 6.08 Å². The third kappa shape index (κ3) is 3.43. The average molecular weight is 223 g/mol. The van der Waals surface area contributed by atoms with Gasteiger partial charge in [-0.2, -0.15) is 0 Å². The summed E-state index contributed by atoms with van der Waals surface area (Å²) >= 11 is 0. The highest BCUT2D eigenvalue weighted by molar-refractivity contribution is 5.33. The normalized spacial score (nSPS) is 32.0. The maximum atomic E-state index is 10.2. The van der Waals surface area contributed by atoms with E-state index in [-0.39, 0.29) is 6.04 Å². The van der Waals surface area contributed by atoms with Crippen LogP contribution in [0.1, 0.15) is 57.8 Å². The lowest BCUT2D eigenvalue weighted by Crippen LogP contribution is -2.30. The SMILES string of the molecule is O=C=NC1CCCC(OC2CCCCC2)C1. The van der Waals surface area contributed by atoms with Gasteiger partial charge in [0.2, 0.25) is 6.08 Å². The fourth-order valence-electron chi connectivity index (χ4n) is 2.91. The number of aliphatic imine (C=N–C) groups is 1. The summed E-state index contributed by atoms with van der Waals surface area (Å²) in [5.74, 6) is 0. The van der Waals surface area contributed by atoms with Crippen molar-refractivity contribution in [3.05, 3.63) is 0 Å². The first kappa shape index (κ1) is 11.8. The largest absolute Gasteiger partial charge is 0.375 e. The molecule has 90 valence electrons. The summed E-state index contributed by atoms with van der Waals surface area (Å²) < 4.78 is 6.12. The van der Waals surface area contributed by atoms with E-state index in [1.807, 2.05) is 0 Å². The number of isocyanates is 1. The monoisotopic (exact) mass is 223 g/mol. The molecule has 2 atom stereocenters. The fourth-order valence-corrected chi connectivity index (χ4v) is 2.91. The Balaban J connectivity index is 1.77. The molecule has 2 saturated carbocycles. The van der Waals surface area contributed by atoms with E-state index in [9.17, 15) is 4.79 Å². The van der Waals surface area contributed by atoms with Gasteiger partial charge in [-0.25, -0.2) is 9.79 Å². The van der Waals surface area contributed by atoms with Crippen LogP contribution in [-0.2, 0) is 9.53 Å². The molecule has 0 aromatic carbocycles. The molecular formula is C13H21NO2. The number of nitrogens with zero attached hydrogens (tertiary/aromatic N) is 1. The number of ether oxygens (including phenoxy) is 1. The van der Waals surface area contributed by atoms with Crippen LogP contribution in [0, 0.1) is 0 Å². The first-order chi connectivity index (χ1) is 7.88. The zero-order chi connectivity index (χ0) is 11.2. The summed E-state index contributed by atoms with van der Waals surface area (Å²) in [5.41, 5.74) is 0. The van der Waals surface area contributed by atoms with Crippen molar-refractivity contribution in [1.82, 2.24) is 0 Å². The number of hydrogen-bond donors (Lipinski definition) is 0. The molecule has 2 unspecified atom stereocenters. The van der Waals surface area contributed by atoms with E-state index in [2.05, 4.69) is 4.99 Å². The Morgan fingerprint density at radius 3 is 2.44 bits per heavy atom. The minimum absolute atomic E-state index is 0.167. The number of hydrogen-bond acceptors (Lipinski definition) is 3. The lowest BCUT2D eigenvalue weighted by molar-refractivity contribution is -0.0477. The van der Waals surface area contributed by atoms with E-state index >= 15 is 0 Å². The molecule has 0 amide bonds. The number of carbonyl (C=O) groups excluding carboxylic acids is 1. The van der Waals surface area contributed by atoms with Crippen LogP contribution in [0.3, 0.4) is 0 Å². The van der Waals surface area contributed by atoms with E-state index in [4.69, 9.17) is 4.74 Å². The molecule has 0 bridgehead atoms. The van der Waals surface area contributed by atoms with E-state index in [0.717, 1.165) is 25.7 Å². The van der Waals surface area contributed by atoms with Crippen LogP contribution in [0.15, 0.2) is 4.99 Å². The molecule has 3 heteroatoms. The van der Waals surface area contributed by atoms with Crippen LogP contribution in [0.4, 0.5) is 0 Å². The van der Waals surface area contributed by atoms with Crippen molar-refractivity contribution < 1.29 is 9.53 Å². The van der Waals surface area contributed by atoms with Crippen LogP contribution in [-0.4, -0.2) is 24.3 Å². The Kier molecular flexibility index (Phi) is 4.55. The minimum Gasteiger partial charge on any atom is -0.375 e. The quantitative estimate of drug-likeness (QED) is 0.545. The van der Waals surface area contributed by atoms with Crippen molar-refractivity contribution in [3.8, 4) is 0 Å². The second-order valence-corrected chi connectivity index (χ2v) is 5.06. The van der Waals surface area contributed by atoms with Crippen LogP contribution in [0.25, 0.3) is 0 Å². The molecule has 0 heterocycles. The Labute approximate surface area is 97.3 Å². The van der Waals surface area contributed by atoms with Gasteiger partial charge in [0.1, 0.15) is 0 Å². The Morgan fingerprint density at radius 2 is 1.69 bits per heavy atom. The lowest BCUT2D eigenvalue weighted by atomic mass is 9.92. The molecule has 2 fully saturated rings. The van der Waals surface area contributed by atoms with Crippen LogP contribution in [0.5, 0.6) is 0 Å². The zero-order valence-electron chi connectivity index (χ0n) is 9.86. The molecule has 16 heavy (non-hydrogen) atoms. The van der Waals surface area contributed by atoms with Crippen molar-refractivity contribution in [3.63, 3.8) is 0 Å². The summed E-state index contributed by atoms with van der Waals surface area (Å²) in [5, 5.41) is 0. The van der Waals surface area contributed by atoms with Gasteiger partial charge in [0.05, 0.1) is 18.2 Å². The molecule has 0 N–H and O–H groups in total. The van der Waals surface area contributed by atoms with E-state index in [0.29, 0.717) is 12.2 Å². The van der Waals surface area contributed by atoms with Gasteiger partial charge in [-0.1, -0.05) is 19.3 Å². The molecule has 0 aromatic heterocycles. The highest BCUT2D eigenvalue weighted by Crippen LogP contribution is 2.28. The molecule has 0 spiro atoms. The lowest BCUT2D eigenvalue weighted by Gasteiger charge is -2.31. The summed E-state index contributed by atoms with van der Waals surface area (Å²) in [7, 11) is 0. The highest BCUT2D eigenvalue weighted by Gasteiger charge is 2.25. The first-order valence-electron chi connectivity index (χ1n) is 6.61. The molecular weight excluding hydrogens is 202 g/mol. The standard InChI is InChI=1S/C13H21NO2/c15-10-14-11-5-4-8-13(9-11)16-12-6-2-1-3-7-12/h11-13H,1-9H2. The molecule has 2 aliphatic carbocycles. The summed E-state index contributed by atoms with van der Waals surface area (Å²) in [6.07, 6.45) is 13.1. The second kappa shape index (κ2) is 6.17. The maximum Gasteiger partial charge on any atom is 0.235 e. The molecule has 0 radical (unpaired) electrons. The summed E-state index contributed by atoms with van der Waals surface area (Å²) in [4.78, 5) is 14.1. The van der Waals surface area contributed by atoms with Crippen LogP contribution < -0.4 is 0 Å². The summed E-state index contributed by atoms with van der Waals surface area (Å²) in [6.45, 7) is 0. The maximum absolute atomic E-state index is 10.2. The second-order valence-electron chi connectivity index (χ2n) is 5.06. The van der Waals surface area contributed by atoms with Crippen molar-refractivity contribution in [2.24, 2.45) is 4.99 Å². The van der Waals surface area contributed by atoms with Gasteiger partial charge in [0, 0.05) is 0 Å². The van der Waals surface area contributed by atoms with Gasteiger partial charge < -0.3 is 4.74 Å². The molecule has 0 aliphatic heterocycles. The highest BCUT2D eigenvalue weighted by atomic mass is 16.5.